The third-order valence-electron chi connectivity index (χ3n) is 0.582. The molecule has 0 aromatic rings. The second-order valence-corrected chi connectivity index (χ2v) is 1.40. The van der Waals surface area contributed by atoms with Crippen molar-refractivity contribution in [2.75, 3.05) is 7.05 Å². The molecule has 0 heterocycles. The van der Waals surface area contributed by atoms with Gasteiger partial charge in [-0.2, -0.15) is 0 Å². The summed E-state index contributed by atoms with van der Waals surface area (Å²) in [4.78, 5) is 3.53. The van der Waals surface area contributed by atoms with Crippen molar-refractivity contribution in [1.82, 2.24) is 5.32 Å². The van der Waals surface area contributed by atoms with E-state index in [4.69, 9.17) is 10.8 Å². The van der Waals surface area contributed by atoms with Crippen LogP contribution in [0, 0.1) is 0 Å². The average Bonchev–Trinajstić information content (AvgIpc) is 1.65. The van der Waals surface area contributed by atoms with Crippen LogP contribution in [0.3, 0.4) is 0 Å². The molecule has 0 aliphatic carbocycles. The van der Waals surface area contributed by atoms with Gasteiger partial charge in [0.05, 0.1) is 0 Å². The van der Waals surface area contributed by atoms with Crippen LogP contribution in [-0.2, 0) is 0 Å². The highest BCUT2D eigenvalue weighted by Gasteiger charge is 1.97. The van der Waals surface area contributed by atoms with Gasteiger partial charge in [0.25, 0.3) is 0 Å². The summed E-state index contributed by atoms with van der Waals surface area (Å²) in [6.07, 6.45) is 0. The molecule has 0 aliphatic heterocycles. The van der Waals surface area contributed by atoms with Crippen LogP contribution in [-0.4, -0.2) is 25.1 Å². The van der Waals surface area contributed by atoms with Crippen LogP contribution >= 0.6 is 0 Å². The molecule has 0 spiro atoms. The Hall–Kier alpha value is -0.705. The number of hydrogen-bond acceptors (Lipinski definition) is 2. The minimum Gasteiger partial charge on any atom is -0.431 e. The van der Waals surface area contributed by atoms with E-state index in [2.05, 4.69) is 10.2 Å². The number of nitrogens with zero attached hydrogens (tertiary/aromatic N) is 1. The molecular formula is C3H10BN3O. The topological polar surface area (TPSA) is 70.6 Å². The second-order valence-electron chi connectivity index (χ2n) is 1.40. The zero-order chi connectivity index (χ0) is 6.57. The molecule has 0 saturated carbocycles. The first kappa shape index (κ1) is 7.29. The van der Waals surface area contributed by atoms with Gasteiger partial charge in [-0.1, -0.05) is 0 Å². The summed E-state index contributed by atoms with van der Waals surface area (Å²) in [6, 6.07) is 0. The number of nitrogens with one attached hydrogen (secondary N) is 1. The minimum absolute atomic E-state index is 0.250. The fourth-order valence-corrected chi connectivity index (χ4v) is 0.266. The van der Waals surface area contributed by atoms with E-state index >= 15 is 0 Å². The second kappa shape index (κ2) is 3.32. The Bertz CT molecular complexity index is 92.5. The lowest BCUT2D eigenvalue weighted by Gasteiger charge is -1.96. The van der Waals surface area contributed by atoms with Gasteiger partial charge in [-0.25, -0.2) is 0 Å². The largest absolute Gasteiger partial charge is 0.431 e. The predicted octanol–water partition coefficient (Wildman–Crippen LogP) is -1.37. The van der Waals surface area contributed by atoms with E-state index in [-0.39, 0.29) is 5.96 Å². The van der Waals surface area contributed by atoms with E-state index in [9.17, 15) is 0 Å². The maximum Gasteiger partial charge on any atom is 0.431 e. The first-order valence-corrected chi connectivity index (χ1v) is 2.36. The van der Waals surface area contributed by atoms with Crippen molar-refractivity contribution in [3.63, 3.8) is 0 Å². The number of nitrogens with two attached hydrogens (primary N) is 1. The molecule has 8 heavy (non-hydrogen) atoms. The van der Waals surface area contributed by atoms with Crippen LogP contribution in [0.25, 0.3) is 0 Å². The maximum absolute atomic E-state index is 8.55. The van der Waals surface area contributed by atoms with Crippen LogP contribution in [0.15, 0.2) is 4.90 Å². The van der Waals surface area contributed by atoms with Crippen LogP contribution in [0.4, 0.5) is 0 Å². The van der Waals surface area contributed by atoms with Crippen molar-refractivity contribution in [1.29, 1.82) is 0 Å². The van der Waals surface area contributed by atoms with Gasteiger partial charge in [0.2, 0.25) is 0 Å². The van der Waals surface area contributed by atoms with Crippen molar-refractivity contribution < 1.29 is 5.02 Å². The van der Waals surface area contributed by atoms with Gasteiger partial charge in [-0.05, 0) is 6.82 Å². The molecule has 0 atom stereocenters. The number of rotatable bonds is 1. The van der Waals surface area contributed by atoms with E-state index in [1.807, 2.05) is 0 Å². The van der Waals surface area contributed by atoms with E-state index < -0.39 is 7.05 Å². The standard InChI is InChI=1S/C3H10BN3O/c1-4(8)7-3(5)6-2/h8H,1-2H3,(H3,5,6,7). The third kappa shape index (κ3) is 3.48. The highest BCUT2D eigenvalue weighted by Crippen LogP contribution is 1.72. The average molecular weight is 115 g/mol. The number of guanidine groups is 1. The normalized spacial score (nSPS) is 11.1. The summed E-state index contributed by atoms with van der Waals surface area (Å²) in [6.45, 7) is 1.53. The third-order valence-corrected chi connectivity index (χ3v) is 0.582. The first-order valence-electron chi connectivity index (χ1n) is 2.36. The van der Waals surface area contributed by atoms with Crippen molar-refractivity contribution in [3.05, 3.63) is 0 Å². The molecule has 0 rings (SSSR count). The summed E-state index contributed by atoms with van der Waals surface area (Å²) in [5, 5.41) is 11.1. The van der Waals surface area contributed by atoms with Crippen LogP contribution < -0.4 is 11.1 Å². The molecule has 0 radical (unpaired) electrons. The van der Waals surface area contributed by atoms with Gasteiger partial charge in [0, 0.05) is 7.05 Å². The van der Waals surface area contributed by atoms with Crippen LogP contribution in [0.1, 0.15) is 0 Å². The molecule has 0 aromatic carbocycles. The molecule has 46 valence electrons. The molecule has 0 bridgehead atoms. The highest BCUT2D eigenvalue weighted by atomic mass is 16.2. The Labute approximate surface area is 48.9 Å². The zero-order valence-corrected chi connectivity index (χ0v) is 5.05. The Morgan fingerprint density at radius 1 is 1.88 bits per heavy atom. The van der Waals surface area contributed by atoms with Gasteiger partial charge in [0.1, 0.15) is 0 Å². The van der Waals surface area contributed by atoms with Crippen LogP contribution in [0.5, 0.6) is 0 Å². The Morgan fingerprint density at radius 3 is 2.50 bits per heavy atom. The van der Waals surface area contributed by atoms with Crippen molar-refractivity contribution >= 4 is 13.0 Å². The summed E-state index contributed by atoms with van der Waals surface area (Å²) in [5.41, 5.74) is 5.15. The lowest BCUT2D eigenvalue weighted by atomic mass is 9.91. The molecule has 0 amide bonds. The molecule has 4 nitrogen and oxygen atoms in total. The predicted molar refractivity (Wildman–Crippen MR) is 34.5 cm³/mol. The van der Waals surface area contributed by atoms with Gasteiger partial charge in [-0.3, -0.25) is 4.90 Å². The van der Waals surface area contributed by atoms with Gasteiger partial charge < -0.3 is 16.1 Å². The van der Waals surface area contributed by atoms with E-state index in [1.165, 1.54) is 6.82 Å². The summed E-state index contributed by atoms with van der Waals surface area (Å²) in [5.74, 6) is 0.250. The minimum atomic E-state index is -0.720. The molecule has 0 aromatic heterocycles. The molecule has 4 N–H and O–H groups in total. The molecule has 5 heteroatoms. The quantitative estimate of drug-likeness (QED) is 0.224. The molecule has 0 aliphatic rings. The first-order chi connectivity index (χ1) is 3.66. The summed E-state index contributed by atoms with van der Waals surface area (Å²) < 4.78 is 0. The van der Waals surface area contributed by atoms with Gasteiger partial charge >= 0.3 is 7.05 Å². The molecule has 0 unspecified atom stereocenters. The van der Waals surface area contributed by atoms with Crippen molar-refractivity contribution in [3.8, 4) is 0 Å². The Morgan fingerprint density at radius 2 is 2.38 bits per heavy atom. The van der Waals surface area contributed by atoms with Crippen molar-refractivity contribution in [2.45, 2.75) is 6.82 Å². The molecule has 0 saturated heterocycles. The Balaban J connectivity index is 3.56. The van der Waals surface area contributed by atoms with Crippen LogP contribution in [0.2, 0.25) is 6.82 Å². The fourth-order valence-electron chi connectivity index (χ4n) is 0.266. The maximum atomic E-state index is 8.55. The monoisotopic (exact) mass is 115 g/mol. The highest BCUT2D eigenvalue weighted by molar-refractivity contribution is 6.48. The lowest BCUT2D eigenvalue weighted by molar-refractivity contribution is 0.581. The van der Waals surface area contributed by atoms with E-state index in [1.54, 1.807) is 7.05 Å². The lowest BCUT2D eigenvalue weighted by Crippen LogP contribution is -2.30. The number of hydrogen-bond donors (Lipinski definition) is 3. The van der Waals surface area contributed by atoms with E-state index in [0.29, 0.717) is 0 Å². The summed E-state index contributed by atoms with van der Waals surface area (Å²) in [7, 11) is 0.920. The SMILES string of the molecule is CNC(N)=NB(C)O. The van der Waals surface area contributed by atoms with Gasteiger partial charge in [-0.15, -0.1) is 0 Å². The summed E-state index contributed by atoms with van der Waals surface area (Å²) >= 11 is 0. The smallest absolute Gasteiger partial charge is 0.431 e. The van der Waals surface area contributed by atoms with Crippen molar-refractivity contribution in [2.24, 2.45) is 10.6 Å². The molecular weight excluding hydrogens is 105 g/mol. The molecule has 0 fully saturated rings. The van der Waals surface area contributed by atoms with E-state index in [0.717, 1.165) is 0 Å². The Kier molecular flexibility index (Phi) is 3.02. The van der Waals surface area contributed by atoms with Gasteiger partial charge in [0.15, 0.2) is 5.96 Å². The zero-order valence-electron chi connectivity index (χ0n) is 5.05. The fraction of sp³-hybridized carbons (Fsp3) is 0.667.